The van der Waals surface area contributed by atoms with Crippen molar-refractivity contribution in [3.05, 3.63) is 0 Å². The molecule has 2 aliphatic carbocycles. The molecule has 4 atom stereocenters. The van der Waals surface area contributed by atoms with Gasteiger partial charge < -0.3 is 18.9 Å². The van der Waals surface area contributed by atoms with E-state index in [1.54, 1.807) is 0 Å². The molecule has 8 nitrogen and oxygen atoms in total. The van der Waals surface area contributed by atoms with Gasteiger partial charge in [-0.3, -0.25) is 19.2 Å². The highest BCUT2D eigenvalue weighted by molar-refractivity contribution is 5.66. The van der Waals surface area contributed by atoms with Gasteiger partial charge >= 0.3 is 23.9 Å². The number of rotatable bonds is 8. The first-order valence-electron chi connectivity index (χ1n) is 9.72. The van der Waals surface area contributed by atoms with Crippen molar-refractivity contribution < 1.29 is 38.1 Å². The van der Waals surface area contributed by atoms with E-state index in [-0.39, 0.29) is 23.9 Å². The molecule has 0 radical (unpaired) electrons. The molecule has 0 unspecified atom stereocenters. The van der Waals surface area contributed by atoms with Gasteiger partial charge in [0.05, 0.1) is 26.4 Å². The highest BCUT2D eigenvalue weighted by Crippen LogP contribution is 2.35. The molecule has 160 valence electrons. The fraction of sp³-hybridized carbons (Fsp3) is 0.800. The first-order valence-corrected chi connectivity index (χ1v) is 9.72. The van der Waals surface area contributed by atoms with E-state index in [0.717, 1.165) is 25.7 Å². The molecule has 0 bridgehead atoms. The van der Waals surface area contributed by atoms with Gasteiger partial charge in [0.2, 0.25) is 0 Å². The topological polar surface area (TPSA) is 105 Å². The molecule has 0 saturated heterocycles. The van der Waals surface area contributed by atoms with Crippen molar-refractivity contribution in [1.82, 2.24) is 0 Å². The third-order valence-electron chi connectivity index (χ3n) is 5.15. The fourth-order valence-electron chi connectivity index (χ4n) is 3.05. The van der Waals surface area contributed by atoms with Crippen LogP contribution < -0.4 is 0 Å². The summed E-state index contributed by atoms with van der Waals surface area (Å²) in [5.74, 6) is 0.505. The van der Waals surface area contributed by atoms with E-state index in [2.05, 4.69) is 0 Å². The molecule has 0 spiro atoms. The van der Waals surface area contributed by atoms with Crippen LogP contribution >= 0.6 is 0 Å². The number of hydrogen-bond donors (Lipinski definition) is 0. The highest BCUT2D eigenvalue weighted by Gasteiger charge is 2.33. The number of carbonyl (C=O) groups excluding carboxylic acids is 4. The summed E-state index contributed by atoms with van der Waals surface area (Å²) in [7, 11) is 0. The van der Waals surface area contributed by atoms with Gasteiger partial charge in [-0.05, 0) is 49.4 Å². The van der Waals surface area contributed by atoms with Crippen LogP contribution in [0.2, 0.25) is 0 Å². The number of carbonyl (C=O) groups is 4. The lowest BCUT2D eigenvalue weighted by molar-refractivity contribution is -0.149. The van der Waals surface area contributed by atoms with Gasteiger partial charge in [0.25, 0.3) is 0 Å². The van der Waals surface area contributed by atoms with Crippen molar-refractivity contribution in [2.45, 2.75) is 53.4 Å². The normalized spacial score (nSPS) is 25.0. The van der Waals surface area contributed by atoms with E-state index >= 15 is 0 Å². The summed E-state index contributed by atoms with van der Waals surface area (Å²) in [5.41, 5.74) is 0. The van der Waals surface area contributed by atoms with Gasteiger partial charge in [0, 0.05) is 27.7 Å². The zero-order chi connectivity index (χ0) is 21.1. The van der Waals surface area contributed by atoms with E-state index in [1.165, 1.54) is 27.7 Å². The average Bonchev–Trinajstić information content (AvgIpc) is 2.52. The van der Waals surface area contributed by atoms with Gasteiger partial charge in [-0.1, -0.05) is 0 Å². The van der Waals surface area contributed by atoms with Gasteiger partial charge in [0.15, 0.2) is 0 Å². The van der Waals surface area contributed by atoms with Crippen molar-refractivity contribution in [3.8, 4) is 0 Å². The Kier molecular flexibility index (Phi) is 10.6. The first-order chi connectivity index (χ1) is 13.2. The van der Waals surface area contributed by atoms with Crippen LogP contribution in [0.25, 0.3) is 0 Å². The van der Waals surface area contributed by atoms with Crippen molar-refractivity contribution in [1.29, 1.82) is 0 Å². The second kappa shape index (κ2) is 12.4. The standard InChI is InChI=1S/2C10H16O4/c2*1-7(11)13-5-9-3-4-10(9)6-14-8(2)12/h2*9-10H,3-6H2,1-2H3/t2*9-,10+. The summed E-state index contributed by atoms with van der Waals surface area (Å²) in [6.07, 6.45) is 4.22. The molecular weight excluding hydrogens is 368 g/mol. The maximum absolute atomic E-state index is 10.6. The molecule has 2 rings (SSSR count). The lowest BCUT2D eigenvalue weighted by Gasteiger charge is -2.35. The summed E-state index contributed by atoms with van der Waals surface area (Å²) in [6.45, 7) is 7.45. The molecule has 0 N–H and O–H groups in total. The van der Waals surface area contributed by atoms with E-state index in [9.17, 15) is 19.2 Å². The van der Waals surface area contributed by atoms with Gasteiger partial charge in [-0.15, -0.1) is 0 Å². The molecule has 0 aromatic heterocycles. The monoisotopic (exact) mass is 400 g/mol. The third kappa shape index (κ3) is 9.71. The smallest absolute Gasteiger partial charge is 0.302 e. The average molecular weight is 400 g/mol. The predicted octanol–water partition coefficient (Wildman–Crippen LogP) is 2.28. The molecule has 0 amide bonds. The second-order valence-corrected chi connectivity index (χ2v) is 7.41. The quantitative estimate of drug-likeness (QED) is 0.451. The first kappa shape index (κ1) is 23.9. The van der Waals surface area contributed by atoms with E-state index in [4.69, 9.17) is 18.9 Å². The zero-order valence-electron chi connectivity index (χ0n) is 17.2. The Bertz CT molecular complexity index is 448. The van der Waals surface area contributed by atoms with Crippen molar-refractivity contribution in [2.24, 2.45) is 23.7 Å². The highest BCUT2D eigenvalue weighted by atomic mass is 16.5. The summed E-state index contributed by atoms with van der Waals surface area (Å²) in [5, 5.41) is 0. The molecule has 2 aliphatic rings. The fourth-order valence-corrected chi connectivity index (χ4v) is 3.05. The summed E-state index contributed by atoms with van der Waals surface area (Å²) in [4.78, 5) is 42.2. The van der Waals surface area contributed by atoms with Gasteiger partial charge in [-0.2, -0.15) is 0 Å². The molecule has 0 aliphatic heterocycles. The van der Waals surface area contributed by atoms with Crippen LogP contribution in [0.1, 0.15) is 53.4 Å². The maximum Gasteiger partial charge on any atom is 0.302 e. The van der Waals surface area contributed by atoms with Crippen molar-refractivity contribution in [2.75, 3.05) is 26.4 Å². The Morgan fingerprint density at radius 1 is 0.500 bits per heavy atom. The van der Waals surface area contributed by atoms with Crippen LogP contribution in [-0.4, -0.2) is 50.3 Å². The van der Waals surface area contributed by atoms with Crippen LogP contribution in [0, 0.1) is 23.7 Å². The largest absolute Gasteiger partial charge is 0.466 e. The van der Waals surface area contributed by atoms with E-state index in [0.29, 0.717) is 50.1 Å². The zero-order valence-corrected chi connectivity index (χ0v) is 17.2. The molecule has 8 heteroatoms. The molecular formula is C20H32O8. The van der Waals surface area contributed by atoms with Crippen LogP contribution in [0.15, 0.2) is 0 Å². The number of ether oxygens (including phenoxy) is 4. The van der Waals surface area contributed by atoms with E-state index < -0.39 is 0 Å². The minimum Gasteiger partial charge on any atom is -0.466 e. The molecule has 2 saturated carbocycles. The summed E-state index contributed by atoms with van der Waals surface area (Å²) < 4.78 is 19.6. The third-order valence-corrected chi connectivity index (χ3v) is 5.15. The van der Waals surface area contributed by atoms with Gasteiger partial charge in [-0.25, -0.2) is 0 Å². The number of hydrogen-bond acceptors (Lipinski definition) is 8. The minimum absolute atomic E-state index is 0.247. The lowest BCUT2D eigenvalue weighted by atomic mass is 9.75. The molecule has 0 aromatic carbocycles. The van der Waals surface area contributed by atoms with Crippen molar-refractivity contribution in [3.63, 3.8) is 0 Å². The Hall–Kier alpha value is -2.12. The van der Waals surface area contributed by atoms with Crippen LogP contribution in [0.4, 0.5) is 0 Å². The van der Waals surface area contributed by atoms with Crippen LogP contribution in [0.5, 0.6) is 0 Å². The Balaban J connectivity index is 0.000000280. The Labute approximate surface area is 166 Å². The summed E-state index contributed by atoms with van der Waals surface area (Å²) >= 11 is 0. The molecule has 0 aromatic rings. The molecule has 0 heterocycles. The summed E-state index contributed by atoms with van der Waals surface area (Å²) in [6, 6.07) is 0. The lowest BCUT2D eigenvalue weighted by Crippen LogP contribution is -2.34. The Morgan fingerprint density at radius 2 is 0.679 bits per heavy atom. The minimum atomic E-state index is -0.247. The SMILES string of the molecule is CC(=O)OC[C@H]1CC[C@H]1COC(C)=O.CC(=O)OC[C@H]1CC[C@H]1COC(C)=O. The van der Waals surface area contributed by atoms with Crippen molar-refractivity contribution >= 4 is 23.9 Å². The number of esters is 4. The second-order valence-electron chi connectivity index (χ2n) is 7.41. The van der Waals surface area contributed by atoms with E-state index in [1.807, 2.05) is 0 Å². The van der Waals surface area contributed by atoms with Gasteiger partial charge in [0.1, 0.15) is 0 Å². The Morgan fingerprint density at radius 3 is 0.786 bits per heavy atom. The van der Waals surface area contributed by atoms with Crippen LogP contribution in [0.3, 0.4) is 0 Å². The van der Waals surface area contributed by atoms with Crippen LogP contribution in [-0.2, 0) is 38.1 Å². The molecule has 2 fully saturated rings. The predicted molar refractivity (Wildman–Crippen MR) is 99.0 cm³/mol. The maximum atomic E-state index is 10.6. The molecule has 28 heavy (non-hydrogen) atoms.